The van der Waals surface area contributed by atoms with E-state index in [9.17, 15) is 4.79 Å². The zero-order chi connectivity index (χ0) is 18.8. The van der Waals surface area contributed by atoms with Crippen molar-refractivity contribution in [1.82, 2.24) is 0 Å². The second-order valence-corrected chi connectivity index (χ2v) is 6.08. The average Bonchev–Trinajstić information content (AvgIpc) is 3.19. The van der Waals surface area contributed by atoms with Gasteiger partial charge in [-0.05, 0) is 52.7 Å². The van der Waals surface area contributed by atoms with Crippen LogP contribution in [-0.2, 0) is 0 Å². The lowest BCUT2D eigenvalue weighted by Crippen LogP contribution is -1.94. The standard InChI is InChI=1S/C22H18O5/c1-24-18-7-6-15-11-17(5-4-16(15)12-18)19(23)8-3-14-9-20(25-2)22-21(10-14)26-13-27-22/h3-12H,13H2,1-2H3/b8-3+. The minimum absolute atomic E-state index is 0.0793. The molecular formula is C22H18O5. The molecule has 0 aromatic heterocycles. The van der Waals surface area contributed by atoms with Crippen LogP contribution < -0.4 is 18.9 Å². The quantitative estimate of drug-likeness (QED) is 0.495. The summed E-state index contributed by atoms with van der Waals surface area (Å²) in [5.41, 5.74) is 1.42. The number of ketones is 1. The van der Waals surface area contributed by atoms with E-state index in [4.69, 9.17) is 18.9 Å². The Bertz CT molecular complexity index is 1050. The van der Waals surface area contributed by atoms with Crippen LogP contribution in [0.2, 0.25) is 0 Å². The fourth-order valence-electron chi connectivity index (χ4n) is 3.02. The van der Waals surface area contributed by atoms with Crippen molar-refractivity contribution in [2.75, 3.05) is 21.0 Å². The number of carbonyl (C=O) groups excluding carboxylic acids is 1. The fourth-order valence-corrected chi connectivity index (χ4v) is 3.02. The highest BCUT2D eigenvalue weighted by molar-refractivity contribution is 6.08. The van der Waals surface area contributed by atoms with Crippen molar-refractivity contribution in [3.8, 4) is 23.0 Å². The summed E-state index contributed by atoms with van der Waals surface area (Å²) >= 11 is 0. The molecule has 0 bridgehead atoms. The molecule has 0 spiro atoms. The largest absolute Gasteiger partial charge is 0.497 e. The van der Waals surface area contributed by atoms with Gasteiger partial charge in [0.05, 0.1) is 14.2 Å². The Morgan fingerprint density at radius 3 is 2.59 bits per heavy atom. The van der Waals surface area contributed by atoms with E-state index in [0.717, 1.165) is 22.1 Å². The number of allylic oxidation sites excluding steroid dienone is 1. The van der Waals surface area contributed by atoms with Crippen molar-refractivity contribution in [3.05, 3.63) is 65.7 Å². The molecule has 3 aromatic rings. The molecular weight excluding hydrogens is 344 g/mol. The van der Waals surface area contributed by atoms with Gasteiger partial charge in [-0.2, -0.15) is 0 Å². The normalized spacial score (nSPS) is 12.5. The van der Waals surface area contributed by atoms with E-state index < -0.39 is 0 Å². The molecule has 0 saturated heterocycles. The van der Waals surface area contributed by atoms with Crippen molar-refractivity contribution in [2.24, 2.45) is 0 Å². The summed E-state index contributed by atoms with van der Waals surface area (Å²) in [7, 11) is 3.20. The SMILES string of the molecule is COc1ccc2cc(C(=O)/C=C/c3cc(OC)c4c(c3)OCO4)ccc2c1. The monoisotopic (exact) mass is 362 g/mol. The number of benzene rings is 3. The van der Waals surface area contributed by atoms with Crippen LogP contribution in [0.25, 0.3) is 16.8 Å². The number of hydrogen-bond donors (Lipinski definition) is 0. The fraction of sp³-hybridized carbons (Fsp3) is 0.136. The molecule has 0 aliphatic carbocycles. The number of ether oxygens (including phenoxy) is 4. The van der Waals surface area contributed by atoms with Gasteiger partial charge in [0.25, 0.3) is 0 Å². The van der Waals surface area contributed by atoms with E-state index in [1.165, 1.54) is 0 Å². The minimum atomic E-state index is -0.0793. The Morgan fingerprint density at radius 1 is 0.963 bits per heavy atom. The Labute approximate surface area is 156 Å². The molecule has 4 rings (SSSR count). The Morgan fingerprint density at radius 2 is 1.78 bits per heavy atom. The first-order valence-electron chi connectivity index (χ1n) is 8.46. The minimum Gasteiger partial charge on any atom is -0.497 e. The predicted molar refractivity (Wildman–Crippen MR) is 103 cm³/mol. The van der Waals surface area contributed by atoms with Crippen LogP contribution in [0.15, 0.2) is 54.6 Å². The number of methoxy groups -OCH3 is 2. The summed E-state index contributed by atoms with van der Waals surface area (Å²) < 4.78 is 21.3. The van der Waals surface area contributed by atoms with Crippen LogP contribution >= 0.6 is 0 Å². The van der Waals surface area contributed by atoms with Gasteiger partial charge in [0.1, 0.15) is 5.75 Å². The molecule has 1 aliphatic heterocycles. The Hall–Kier alpha value is -3.47. The summed E-state index contributed by atoms with van der Waals surface area (Å²) in [6.07, 6.45) is 3.28. The molecule has 0 atom stereocenters. The number of fused-ring (bicyclic) bond motifs is 2. The molecule has 0 fully saturated rings. The van der Waals surface area contributed by atoms with Crippen molar-refractivity contribution in [3.63, 3.8) is 0 Å². The molecule has 0 unspecified atom stereocenters. The third-order valence-corrected chi connectivity index (χ3v) is 4.44. The molecule has 3 aromatic carbocycles. The van der Waals surface area contributed by atoms with E-state index in [1.807, 2.05) is 48.5 Å². The van der Waals surface area contributed by atoms with E-state index in [-0.39, 0.29) is 12.6 Å². The van der Waals surface area contributed by atoms with Crippen molar-refractivity contribution >= 4 is 22.6 Å². The van der Waals surface area contributed by atoms with E-state index >= 15 is 0 Å². The maximum absolute atomic E-state index is 12.6. The van der Waals surface area contributed by atoms with Crippen LogP contribution in [0.3, 0.4) is 0 Å². The van der Waals surface area contributed by atoms with Crippen LogP contribution in [0.1, 0.15) is 15.9 Å². The zero-order valence-electron chi connectivity index (χ0n) is 15.0. The maximum atomic E-state index is 12.6. The van der Waals surface area contributed by atoms with Gasteiger partial charge in [-0.3, -0.25) is 4.79 Å². The van der Waals surface area contributed by atoms with Crippen LogP contribution in [0.5, 0.6) is 23.0 Å². The number of rotatable bonds is 5. The molecule has 5 nitrogen and oxygen atoms in total. The number of carbonyl (C=O) groups is 1. The van der Waals surface area contributed by atoms with Gasteiger partial charge < -0.3 is 18.9 Å². The smallest absolute Gasteiger partial charge is 0.231 e. The highest BCUT2D eigenvalue weighted by Gasteiger charge is 2.19. The predicted octanol–water partition coefficient (Wildman–Crippen LogP) is 4.48. The third kappa shape index (κ3) is 3.31. The van der Waals surface area contributed by atoms with Gasteiger partial charge in [0.2, 0.25) is 12.5 Å². The van der Waals surface area contributed by atoms with Gasteiger partial charge in [-0.1, -0.05) is 24.3 Å². The average molecular weight is 362 g/mol. The van der Waals surface area contributed by atoms with Gasteiger partial charge in [-0.15, -0.1) is 0 Å². The first kappa shape index (κ1) is 17.0. The molecule has 136 valence electrons. The summed E-state index contributed by atoms with van der Waals surface area (Å²) in [5, 5.41) is 2.01. The van der Waals surface area contributed by atoms with E-state index in [0.29, 0.717) is 22.8 Å². The van der Waals surface area contributed by atoms with Gasteiger partial charge in [0.15, 0.2) is 17.3 Å². The second-order valence-electron chi connectivity index (χ2n) is 6.08. The van der Waals surface area contributed by atoms with Crippen molar-refractivity contribution in [2.45, 2.75) is 0 Å². The third-order valence-electron chi connectivity index (χ3n) is 4.44. The lowest BCUT2D eigenvalue weighted by Gasteiger charge is -2.06. The van der Waals surface area contributed by atoms with E-state index in [2.05, 4.69) is 0 Å². The van der Waals surface area contributed by atoms with Gasteiger partial charge in [-0.25, -0.2) is 0 Å². The topological polar surface area (TPSA) is 54.0 Å². The van der Waals surface area contributed by atoms with Gasteiger partial charge >= 0.3 is 0 Å². The van der Waals surface area contributed by atoms with Crippen molar-refractivity contribution < 1.29 is 23.7 Å². The van der Waals surface area contributed by atoms with Crippen LogP contribution in [0, 0.1) is 0 Å². The van der Waals surface area contributed by atoms with Gasteiger partial charge in [0, 0.05) is 5.56 Å². The molecule has 0 radical (unpaired) electrons. The second kappa shape index (κ2) is 7.03. The summed E-state index contributed by atoms with van der Waals surface area (Å²) in [4.78, 5) is 12.6. The highest BCUT2D eigenvalue weighted by Crippen LogP contribution is 2.42. The Kier molecular flexibility index (Phi) is 4.42. The lowest BCUT2D eigenvalue weighted by atomic mass is 10.0. The zero-order valence-corrected chi connectivity index (χ0v) is 15.0. The Balaban J connectivity index is 1.59. The summed E-state index contributed by atoms with van der Waals surface area (Å²) in [6, 6.07) is 15.0. The summed E-state index contributed by atoms with van der Waals surface area (Å²) in [5.74, 6) is 2.49. The lowest BCUT2D eigenvalue weighted by molar-refractivity contribution is 0.104. The van der Waals surface area contributed by atoms with E-state index in [1.54, 1.807) is 26.4 Å². The first-order chi connectivity index (χ1) is 13.2. The molecule has 0 N–H and O–H groups in total. The molecule has 0 saturated carbocycles. The first-order valence-corrected chi connectivity index (χ1v) is 8.46. The maximum Gasteiger partial charge on any atom is 0.231 e. The van der Waals surface area contributed by atoms with Crippen molar-refractivity contribution in [1.29, 1.82) is 0 Å². The molecule has 5 heteroatoms. The van der Waals surface area contributed by atoms with Crippen LogP contribution in [-0.4, -0.2) is 26.8 Å². The summed E-state index contributed by atoms with van der Waals surface area (Å²) in [6.45, 7) is 0.166. The number of hydrogen-bond acceptors (Lipinski definition) is 5. The van der Waals surface area contributed by atoms with Crippen LogP contribution in [0.4, 0.5) is 0 Å². The highest BCUT2D eigenvalue weighted by atomic mass is 16.7. The molecule has 0 amide bonds. The molecule has 1 heterocycles. The molecule has 27 heavy (non-hydrogen) atoms. The molecule has 1 aliphatic rings.